The summed E-state index contributed by atoms with van der Waals surface area (Å²) < 4.78 is 28.8. The Hall–Kier alpha value is -2.41. The Labute approximate surface area is 130 Å². The zero-order chi connectivity index (χ0) is 15.7. The number of hydrogen-bond donors (Lipinski definition) is 1. The Balaban J connectivity index is 2.21. The molecule has 0 amide bonds. The standard InChI is InChI=1S/C15H12F2N4S/c16-10-6-12-13(7-11(10)17)21(5-3-14(18)22)15(20-12)9-2-1-4-19-8-9/h1-2,4,6-8H,3,5H2,(H2,18,22). The van der Waals surface area contributed by atoms with Crippen LogP contribution in [0.3, 0.4) is 0 Å². The van der Waals surface area contributed by atoms with Crippen LogP contribution in [0.4, 0.5) is 8.78 Å². The molecule has 0 saturated carbocycles. The van der Waals surface area contributed by atoms with Crippen molar-refractivity contribution in [3.05, 3.63) is 48.3 Å². The number of nitrogens with two attached hydrogens (primary N) is 1. The minimum absolute atomic E-state index is 0.349. The molecule has 0 aliphatic rings. The lowest BCUT2D eigenvalue weighted by molar-refractivity contribution is 0.510. The monoisotopic (exact) mass is 318 g/mol. The second-order valence-electron chi connectivity index (χ2n) is 4.80. The van der Waals surface area contributed by atoms with E-state index in [4.69, 9.17) is 18.0 Å². The highest BCUT2D eigenvalue weighted by molar-refractivity contribution is 7.80. The second-order valence-corrected chi connectivity index (χ2v) is 5.32. The van der Waals surface area contributed by atoms with Crippen LogP contribution in [0.5, 0.6) is 0 Å². The van der Waals surface area contributed by atoms with Gasteiger partial charge in [0.1, 0.15) is 5.82 Å². The first kappa shape index (κ1) is 14.5. The van der Waals surface area contributed by atoms with Crippen molar-refractivity contribution in [2.75, 3.05) is 0 Å². The largest absolute Gasteiger partial charge is 0.393 e. The molecule has 0 saturated heterocycles. The van der Waals surface area contributed by atoms with Crippen LogP contribution >= 0.6 is 12.2 Å². The molecule has 0 aliphatic carbocycles. The van der Waals surface area contributed by atoms with Gasteiger partial charge in [0.05, 0.1) is 16.0 Å². The molecule has 3 rings (SSSR count). The summed E-state index contributed by atoms with van der Waals surface area (Å²) in [5, 5.41) is 0. The number of aromatic nitrogens is 3. The van der Waals surface area contributed by atoms with Crippen molar-refractivity contribution in [3.63, 3.8) is 0 Å². The lowest BCUT2D eigenvalue weighted by Crippen LogP contribution is -2.12. The zero-order valence-corrected chi connectivity index (χ0v) is 12.3. The summed E-state index contributed by atoms with van der Waals surface area (Å²) in [6.07, 6.45) is 3.73. The third kappa shape index (κ3) is 2.67. The Morgan fingerprint density at radius 2 is 2.05 bits per heavy atom. The summed E-state index contributed by atoms with van der Waals surface area (Å²) in [6, 6.07) is 5.82. The van der Waals surface area contributed by atoms with E-state index in [1.807, 2.05) is 6.07 Å². The molecule has 2 aromatic heterocycles. The Morgan fingerprint density at radius 1 is 1.27 bits per heavy atom. The van der Waals surface area contributed by atoms with Crippen molar-refractivity contribution in [3.8, 4) is 11.4 Å². The molecule has 0 unspecified atom stereocenters. The topological polar surface area (TPSA) is 56.7 Å². The fourth-order valence-electron chi connectivity index (χ4n) is 2.28. The summed E-state index contributed by atoms with van der Waals surface area (Å²) in [6.45, 7) is 0.432. The van der Waals surface area contributed by atoms with Crippen molar-refractivity contribution < 1.29 is 8.78 Å². The van der Waals surface area contributed by atoms with Crippen molar-refractivity contribution in [2.24, 2.45) is 5.73 Å². The quantitative estimate of drug-likeness (QED) is 0.751. The number of thiocarbonyl (C=S) groups is 1. The fraction of sp³-hybridized carbons (Fsp3) is 0.133. The molecule has 0 bridgehead atoms. The van der Waals surface area contributed by atoms with E-state index in [-0.39, 0.29) is 0 Å². The molecule has 4 nitrogen and oxygen atoms in total. The summed E-state index contributed by atoms with van der Waals surface area (Å²) in [7, 11) is 0. The molecule has 0 radical (unpaired) electrons. The van der Waals surface area contributed by atoms with E-state index in [2.05, 4.69) is 9.97 Å². The van der Waals surface area contributed by atoms with Crippen LogP contribution in [0, 0.1) is 11.6 Å². The molecule has 22 heavy (non-hydrogen) atoms. The van der Waals surface area contributed by atoms with Gasteiger partial charge in [-0.2, -0.15) is 0 Å². The number of hydrogen-bond acceptors (Lipinski definition) is 3. The number of halogens is 2. The van der Waals surface area contributed by atoms with E-state index in [0.717, 1.165) is 17.7 Å². The molecule has 2 heterocycles. The molecule has 0 atom stereocenters. The van der Waals surface area contributed by atoms with Crippen LogP contribution in [-0.4, -0.2) is 19.5 Å². The van der Waals surface area contributed by atoms with Gasteiger partial charge in [0.2, 0.25) is 0 Å². The molecule has 2 N–H and O–H groups in total. The first-order chi connectivity index (χ1) is 10.6. The van der Waals surface area contributed by atoms with E-state index in [1.165, 1.54) is 0 Å². The summed E-state index contributed by atoms with van der Waals surface area (Å²) in [5.41, 5.74) is 7.17. The molecule has 7 heteroatoms. The molecule has 112 valence electrons. The zero-order valence-electron chi connectivity index (χ0n) is 11.5. The van der Waals surface area contributed by atoms with Crippen molar-refractivity contribution in [1.29, 1.82) is 0 Å². The van der Waals surface area contributed by atoms with Crippen LogP contribution in [-0.2, 0) is 6.54 Å². The van der Waals surface area contributed by atoms with Gasteiger partial charge in [0.25, 0.3) is 0 Å². The van der Waals surface area contributed by atoms with Gasteiger partial charge in [-0.3, -0.25) is 4.98 Å². The third-order valence-corrected chi connectivity index (χ3v) is 3.50. The van der Waals surface area contributed by atoms with E-state index in [9.17, 15) is 8.78 Å². The maximum absolute atomic E-state index is 13.6. The van der Waals surface area contributed by atoms with Crippen LogP contribution < -0.4 is 5.73 Å². The number of benzene rings is 1. The van der Waals surface area contributed by atoms with Gasteiger partial charge < -0.3 is 10.3 Å². The van der Waals surface area contributed by atoms with E-state index in [0.29, 0.717) is 34.8 Å². The van der Waals surface area contributed by atoms with Crippen LogP contribution in [0.25, 0.3) is 22.4 Å². The lowest BCUT2D eigenvalue weighted by atomic mass is 10.2. The molecule has 0 fully saturated rings. The highest BCUT2D eigenvalue weighted by atomic mass is 32.1. The Morgan fingerprint density at radius 3 is 2.73 bits per heavy atom. The average Bonchev–Trinajstić information content (AvgIpc) is 2.84. The number of imidazole rings is 1. The summed E-state index contributed by atoms with van der Waals surface area (Å²) in [4.78, 5) is 8.79. The maximum atomic E-state index is 13.6. The number of pyridine rings is 1. The van der Waals surface area contributed by atoms with Gasteiger partial charge in [0.15, 0.2) is 11.6 Å². The van der Waals surface area contributed by atoms with Gasteiger partial charge in [-0.1, -0.05) is 12.2 Å². The lowest BCUT2D eigenvalue weighted by Gasteiger charge is -2.08. The molecular formula is C15H12F2N4S. The van der Waals surface area contributed by atoms with E-state index in [1.54, 1.807) is 23.0 Å². The van der Waals surface area contributed by atoms with Gasteiger partial charge in [-0.05, 0) is 12.1 Å². The number of rotatable bonds is 4. The average molecular weight is 318 g/mol. The first-order valence-corrected chi connectivity index (χ1v) is 7.01. The second kappa shape index (κ2) is 5.76. The number of fused-ring (bicyclic) bond motifs is 1. The van der Waals surface area contributed by atoms with Crippen LogP contribution in [0.1, 0.15) is 6.42 Å². The highest BCUT2D eigenvalue weighted by Crippen LogP contribution is 2.26. The van der Waals surface area contributed by atoms with Gasteiger partial charge in [0, 0.05) is 43.1 Å². The van der Waals surface area contributed by atoms with Crippen LogP contribution in [0.2, 0.25) is 0 Å². The number of nitrogens with zero attached hydrogens (tertiary/aromatic N) is 3. The fourth-order valence-corrected chi connectivity index (χ4v) is 2.38. The smallest absolute Gasteiger partial charge is 0.161 e. The third-order valence-electron chi connectivity index (χ3n) is 3.29. The molecular weight excluding hydrogens is 306 g/mol. The Kier molecular flexibility index (Phi) is 3.81. The van der Waals surface area contributed by atoms with Crippen molar-refractivity contribution in [1.82, 2.24) is 14.5 Å². The van der Waals surface area contributed by atoms with E-state index >= 15 is 0 Å². The molecule has 0 aliphatic heterocycles. The van der Waals surface area contributed by atoms with E-state index < -0.39 is 11.6 Å². The minimum Gasteiger partial charge on any atom is -0.393 e. The van der Waals surface area contributed by atoms with Gasteiger partial charge in [-0.15, -0.1) is 0 Å². The Bertz CT molecular complexity index is 846. The van der Waals surface area contributed by atoms with Crippen molar-refractivity contribution in [2.45, 2.75) is 13.0 Å². The highest BCUT2D eigenvalue weighted by Gasteiger charge is 2.15. The predicted octanol–water partition coefficient (Wildman–Crippen LogP) is 3.05. The molecule has 1 aromatic carbocycles. The van der Waals surface area contributed by atoms with Gasteiger partial charge >= 0.3 is 0 Å². The van der Waals surface area contributed by atoms with Gasteiger partial charge in [-0.25, -0.2) is 13.8 Å². The minimum atomic E-state index is -0.927. The predicted molar refractivity (Wildman–Crippen MR) is 84.3 cm³/mol. The maximum Gasteiger partial charge on any atom is 0.161 e. The molecule has 3 aromatic rings. The molecule has 0 spiro atoms. The first-order valence-electron chi connectivity index (χ1n) is 6.60. The van der Waals surface area contributed by atoms with Crippen molar-refractivity contribution >= 4 is 28.2 Å². The normalized spacial score (nSPS) is 11.0. The van der Waals surface area contributed by atoms with Crippen LogP contribution in [0.15, 0.2) is 36.7 Å². The SMILES string of the molecule is NC(=S)CCn1c(-c2cccnc2)nc2cc(F)c(F)cc21. The number of aryl methyl sites for hydroxylation is 1. The summed E-state index contributed by atoms with van der Waals surface area (Å²) >= 11 is 4.90. The summed E-state index contributed by atoms with van der Waals surface area (Å²) in [5.74, 6) is -1.27.